The van der Waals surface area contributed by atoms with Gasteiger partial charge in [0.15, 0.2) is 0 Å². The molecule has 0 aliphatic rings. The van der Waals surface area contributed by atoms with Crippen LogP contribution in [-0.4, -0.2) is 18.6 Å². The van der Waals surface area contributed by atoms with Gasteiger partial charge in [0.05, 0.1) is 0 Å². The third-order valence-corrected chi connectivity index (χ3v) is 0. The van der Waals surface area contributed by atoms with Crippen molar-refractivity contribution in [2.24, 2.45) is 0 Å². The maximum atomic E-state index is 8.42. The molecular formula is HCdGaO2. The summed E-state index contributed by atoms with van der Waals surface area (Å²) in [5, 5.41) is 0. The van der Waals surface area contributed by atoms with Crippen molar-refractivity contribution in [1.29, 1.82) is 0 Å². The van der Waals surface area contributed by atoms with E-state index in [1.165, 1.54) is 0 Å². The molecule has 0 spiro atoms. The molecule has 0 aliphatic heterocycles. The van der Waals surface area contributed by atoms with Crippen LogP contribution in [0.5, 0.6) is 0 Å². The normalized spacial score (nSPS) is 2.25. The first kappa shape index (κ1) is 8.94. The first-order valence-electron chi connectivity index (χ1n) is 0.577. The van der Waals surface area contributed by atoms with Gasteiger partial charge in [0.25, 0.3) is 0 Å². The number of rotatable bonds is 0. The maximum absolute atomic E-state index is 8.42. The van der Waals surface area contributed by atoms with Gasteiger partial charge in [-0.25, -0.2) is 0 Å². The minimum absolute atomic E-state index is 0.1000. The summed E-state index contributed by atoms with van der Waals surface area (Å²) >= 11 is 0.0250. The van der Waals surface area contributed by atoms with E-state index in [-0.39, 0.29) is 44.3 Å². The second-order valence-corrected chi connectivity index (χ2v) is 0. The van der Waals surface area contributed by atoms with Gasteiger partial charge in [-0.15, -0.1) is 0 Å². The van der Waals surface area contributed by atoms with Crippen LogP contribution in [0, 0.1) is 0 Å². The van der Waals surface area contributed by atoms with Gasteiger partial charge >= 0.3 is 50.6 Å². The van der Waals surface area contributed by atoms with Crippen molar-refractivity contribution in [3.63, 3.8) is 0 Å². The number of hydrogen-bond donors (Lipinski definition) is 0. The average Bonchev–Trinajstić information content (AvgIpc) is 1.50. The Kier molecular flexibility index (Phi) is 69.1. The van der Waals surface area contributed by atoms with E-state index >= 15 is 0 Å². The van der Waals surface area contributed by atoms with E-state index < -0.39 is 0 Å². The number of hydrogen-bond acceptors (Lipinski definition) is 2. The Balaban J connectivity index is 0. The standard InChI is InChI=1S/Cd.Ga.2O.H. The molecule has 4 heavy (non-hydrogen) atoms. The molecule has 0 bridgehead atoms. The van der Waals surface area contributed by atoms with Gasteiger partial charge in [0, 0.05) is 0 Å². The fourth-order valence-electron chi connectivity index (χ4n) is 0. The monoisotopic (exact) mass is 216 g/mol. The summed E-state index contributed by atoms with van der Waals surface area (Å²) in [6, 6.07) is 0. The summed E-state index contributed by atoms with van der Waals surface area (Å²) in [6.45, 7) is 0. The van der Waals surface area contributed by atoms with E-state index in [2.05, 4.69) is 0 Å². The van der Waals surface area contributed by atoms with E-state index in [0.717, 1.165) is 0 Å². The van der Waals surface area contributed by atoms with E-state index in [1.807, 2.05) is 0 Å². The van der Waals surface area contributed by atoms with E-state index in [4.69, 9.17) is 6.22 Å². The van der Waals surface area contributed by atoms with Gasteiger partial charge in [-0.3, -0.25) is 0 Å². The van der Waals surface area contributed by atoms with Crippen molar-refractivity contribution in [3.8, 4) is 0 Å². The molecule has 0 radical (unpaired) electrons. The van der Waals surface area contributed by atoms with E-state index in [1.54, 1.807) is 0 Å². The molecule has 0 aromatic carbocycles. The van der Waals surface area contributed by atoms with Gasteiger partial charge in [-0.2, -0.15) is 0 Å². The minimum atomic E-state index is -0.1000. The predicted octanol–water partition coefficient (Wildman–Crippen LogP) is -0.889. The van der Waals surface area contributed by atoms with Crippen LogP contribution in [0.15, 0.2) is 0 Å². The molecule has 0 aromatic heterocycles. The molecule has 0 atom stereocenters. The Morgan fingerprint density at radius 1 is 1.25 bits per heavy atom. The Morgan fingerprint density at radius 3 is 1.25 bits per heavy atom. The first-order valence-corrected chi connectivity index (χ1v) is 3.44. The second-order valence-electron chi connectivity index (χ2n) is 0. The third-order valence-electron chi connectivity index (χ3n) is 0. The molecule has 4 heteroatoms. The zero-order valence-corrected chi connectivity index (χ0v) is 9.23. The molecule has 2 nitrogen and oxygen atoms in total. The zero-order valence-electron chi connectivity index (χ0n) is 2.23. The van der Waals surface area contributed by atoms with E-state index in [0.29, 0.717) is 0 Å². The van der Waals surface area contributed by atoms with Crippen molar-refractivity contribution in [2.45, 2.75) is 0 Å². The van der Waals surface area contributed by atoms with Crippen LogP contribution in [0.1, 0.15) is 0 Å². The van der Waals surface area contributed by atoms with Crippen molar-refractivity contribution in [3.05, 3.63) is 0 Å². The second kappa shape index (κ2) is 30.9. The van der Waals surface area contributed by atoms with Crippen molar-refractivity contribution < 1.29 is 32.0 Å². The van der Waals surface area contributed by atoms with Gasteiger partial charge < -0.3 is 0 Å². The summed E-state index contributed by atoms with van der Waals surface area (Å²) < 4.78 is 16.8. The van der Waals surface area contributed by atoms with Crippen LogP contribution in [0.25, 0.3) is 0 Å². The Bertz CT molecular complexity index is 8.00. The van der Waals surface area contributed by atoms with Crippen LogP contribution in [0.2, 0.25) is 0 Å². The van der Waals surface area contributed by atoms with Gasteiger partial charge in [0.2, 0.25) is 0 Å². The molecule has 0 amide bonds. The SMILES string of the molecule is [O]=[Cd].[O]=[GaH]. The van der Waals surface area contributed by atoms with Crippen LogP contribution >= 0.6 is 0 Å². The quantitative estimate of drug-likeness (QED) is 0.491. The summed E-state index contributed by atoms with van der Waals surface area (Å²) in [6.07, 6.45) is 0. The van der Waals surface area contributed by atoms with E-state index in [9.17, 15) is 0 Å². The van der Waals surface area contributed by atoms with Crippen LogP contribution in [0.4, 0.5) is 0 Å². The Morgan fingerprint density at radius 2 is 1.25 bits per heavy atom. The molecule has 0 fully saturated rings. The molecular weight excluding hydrogens is 214 g/mol. The summed E-state index contributed by atoms with van der Waals surface area (Å²) in [4.78, 5) is 0. The molecule has 0 rings (SSSR count). The third kappa shape index (κ3) is 11.0. The van der Waals surface area contributed by atoms with Crippen molar-refractivity contribution >= 4 is 18.6 Å². The van der Waals surface area contributed by atoms with Gasteiger partial charge in [-0.05, 0) is 0 Å². The topological polar surface area (TPSA) is 34.1 Å². The van der Waals surface area contributed by atoms with Crippen molar-refractivity contribution in [2.75, 3.05) is 0 Å². The van der Waals surface area contributed by atoms with Gasteiger partial charge in [0.1, 0.15) is 0 Å². The molecule has 0 saturated carbocycles. The fraction of sp³-hybridized carbons (Fsp3) is 0. The predicted molar refractivity (Wildman–Crippen MR) is 8.52 cm³/mol. The molecule has 18 valence electrons. The molecule has 0 unspecified atom stereocenters. The van der Waals surface area contributed by atoms with Crippen LogP contribution in [-0.2, 0) is 32.0 Å². The van der Waals surface area contributed by atoms with Gasteiger partial charge in [-0.1, -0.05) is 0 Å². The summed E-state index contributed by atoms with van der Waals surface area (Å²) in [7, 11) is 0. The zero-order chi connectivity index (χ0) is 4.00. The molecule has 0 aliphatic carbocycles. The van der Waals surface area contributed by atoms with Crippen LogP contribution in [0.3, 0.4) is 0 Å². The summed E-state index contributed by atoms with van der Waals surface area (Å²) in [5.41, 5.74) is 0. The van der Waals surface area contributed by atoms with Crippen LogP contribution < -0.4 is 0 Å². The molecule has 0 saturated heterocycles. The Labute approximate surface area is 50.3 Å². The first-order chi connectivity index (χ1) is 2.00. The van der Waals surface area contributed by atoms with Crippen molar-refractivity contribution in [1.82, 2.24) is 0 Å². The summed E-state index contributed by atoms with van der Waals surface area (Å²) in [5.74, 6) is 0. The average molecular weight is 215 g/mol. The fourth-order valence-corrected chi connectivity index (χ4v) is 0. The Hall–Kier alpha value is 1.16. The molecule has 0 N–H and O–H groups in total. The molecule has 0 aromatic rings. The molecule has 0 heterocycles.